The summed E-state index contributed by atoms with van der Waals surface area (Å²) in [6, 6.07) is 7.92. The Morgan fingerprint density at radius 3 is 2.48 bits per heavy atom. The second-order valence-electron chi connectivity index (χ2n) is 5.14. The number of sulfonamides is 1. The first kappa shape index (κ1) is 23.9. The quantitative estimate of drug-likeness (QED) is 0.202. The second-order valence-corrected chi connectivity index (χ2v) is 7.23. The van der Waals surface area contributed by atoms with Gasteiger partial charge in [-0.25, -0.2) is 13.1 Å². The molecule has 1 aromatic rings. The van der Waals surface area contributed by atoms with Gasteiger partial charge in [-0.2, -0.15) is 0 Å². The number of hydrogen-bond donors (Lipinski definition) is 3. The average molecular weight is 484 g/mol. The van der Waals surface area contributed by atoms with E-state index in [2.05, 4.69) is 20.3 Å². The molecule has 0 saturated heterocycles. The lowest BCUT2D eigenvalue weighted by atomic mass is 10.1. The molecule has 0 aliphatic heterocycles. The third-order valence-electron chi connectivity index (χ3n) is 3.45. The Bertz CT molecular complexity index is 624. The van der Waals surface area contributed by atoms with Crippen LogP contribution in [0.1, 0.15) is 18.9 Å². The van der Waals surface area contributed by atoms with Crippen molar-refractivity contribution in [1.29, 1.82) is 0 Å². The Morgan fingerprint density at radius 1 is 1.16 bits per heavy atom. The lowest BCUT2D eigenvalue weighted by Crippen LogP contribution is -2.39. The zero-order valence-electron chi connectivity index (χ0n) is 15.0. The number of nitrogens with one attached hydrogen (secondary N) is 3. The Morgan fingerprint density at radius 2 is 1.84 bits per heavy atom. The Hall–Kier alpha value is -1.07. The minimum atomic E-state index is -3.11. The highest BCUT2D eigenvalue weighted by Gasteiger charge is 2.05. The van der Waals surface area contributed by atoms with Crippen molar-refractivity contribution >= 4 is 40.0 Å². The van der Waals surface area contributed by atoms with Gasteiger partial charge in [0.2, 0.25) is 10.0 Å². The summed E-state index contributed by atoms with van der Waals surface area (Å²) in [6.45, 7) is 3.40. The fourth-order valence-electron chi connectivity index (χ4n) is 2.07. The maximum Gasteiger partial charge on any atom is 0.211 e. The Kier molecular flexibility index (Phi) is 12.6. The molecule has 0 spiro atoms. The van der Waals surface area contributed by atoms with Crippen molar-refractivity contribution in [2.45, 2.75) is 19.8 Å². The first-order valence-corrected chi connectivity index (χ1v) is 9.71. The van der Waals surface area contributed by atoms with Crippen LogP contribution in [0.15, 0.2) is 29.3 Å². The predicted octanol–water partition coefficient (Wildman–Crippen LogP) is 1.35. The van der Waals surface area contributed by atoms with Crippen LogP contribution in [0.3, 0.4) is 0 Å². The molecule has 9 heteroatoms. The topological polar surface area (TPSA) is 91.8 Å². The number of aliphatic imine (C=N–C) groups is 1. The molecule has 1 rings (SSSR count). The molecule has 144 valence electrons. The van der Waals surface area contributed by atoms with E-state index in [0.717, 1.165) is 24.3 Å². The van der Waals surface area contributed by atoms with E-state index < -0.39 is 10.0 Å². The van der Waals surface area contributed by atoms with Crippen molar-refractivity contribution in [3.8, 4) is 5.75 Å². The number of guanidine groups is 1. The third-order valence-corrected chi connectivity index (χ3v) is 4.85. The molecule has 0 radical (unpaired) electrons. The van der Waals surface area contributed by atoms with Gasteiger partial charge in [-0.05, 0) is 31.4 Å². The number of ether oxygens (including phenoxy) is 1. The maximum atomic E-state index is 11.3. The predicted molar refractivity (Wildman–Crippen MR) is 114 cm³/mol. The second kappa shape index (κ2) is 13.2. The molecule has 0 heterocycles. The van der Waals surface area contributed by atoms with E-state index in [0.29, 0.717) is 25.5 Å². The molecule has 0 saturated carbocycles. The fourth-order valence-corrected chi connectivity index (χ4v) is 2.73. The van der Waals surface area contributed by atoms with E-state index in [9.17, 15) is 8.42 Å². The fraction of sp³-hybridized carbons (Fsp3) is 0.562. The van der Waals surface area contributed by atoms with Gasteiger partial charge in [0.15, 0.2) is 5.96 Å². The molecule has 0 bridgehead atoms. The minimum Gasteiger partial charge on any atom is -0.496 e. The van der Waals surface area contributed by atoms with Gasteiger partial charge in [0, 0.05) is 26.7 Å². The summed E-state index contributed by atoms with van der Waals surface area (Å²) in [6.07, 6.45) is 1.51. The molecule has 7 nitrogen and oxygen atoms in total. The summed E-state index contributed by atoms with van der Waals surface area (Å²) < 4.78 is 30.5. The Balaban J connectivity index is 0.00000576. The van der Waals surface area contributed by atoms with E-state index >= 15 is 0 Å². The van der Waals surface area contributed by atoms with Gasteiger partial charge in [0.25, 0.3) is 0 Å². The van der Waals surface area contributed by atoms with Crippen molar-refractivity contribution in [1.82, 2.24) is 15.4 Å². The Labute approximate surface area is 168 Å². The van der Waals surface area contributed by atoms with Crippen LogP contribution in [0.5, 0.6) is 5.75 Å². The number of halogens is 1. The number of hydrogen-bond acceptors (Lipinski definition) is 4. The maximum absolute atomic E-state index is 11.3. The standard InChI is InChI=1S/C16H28N4O3S.HI/c1-4-24(21,22)20-12-7-11-18-16(17-2)19-13-10-14-8-5-6-9-15(14)23-3;/h5-6,8-9,20H,4,7,10-13H2,1-3H3,(H2,17,18,19);1H. The summed E-state index contributed by atoms with van der Waals surface area (Å²) in [4.78, 5) is 4.15. The molecule has 1 aromatic carbocycles. The zero-order valence-corrected chi connectivity index (χ0v) is 18.2. The van der Waals surface area contributed by atoms with Crippen LogP contribution in [0.2, 0.25) is 0 Å². The normalized spacial score (nSPS) is 11.6. The van der Waals surface area contributed by atoms with Gasteiger partial charge in [0.05, 0.1) is 12.9 Å². The molecule has 0 aliphatic carbocycles. The number of methoxy groups -OCH3 is 1. The van der Waals surface area contributed by atoms with E-state index in [4.69, 9.17) is 4.74 Å². The molecule has 0 atom stereocenters. The van der Waals surface area contributed by atoms with E-state index in [1.54, 1.807) is 21.1 Å². The first-order valence-electron chi connectivity index (χ1n) is 8.06. The van der Waals surface area contributed by atoms with Crippen molar-refractivity contribution in [3.05, 3.63) is 29.8 Å². The van der Waals surface area contributed by atoms with Crippen LogP contribution in [0.4, 0.5) is 0 Å². The number of benzene rings is 1. The van der Waals surface area contributed by atoms with Crippen LogP contribution in [-0.2, 0) is 16.4 Å². The van der Waals surface area contributed by atoms with Crippen LogP contribution in [0.25, 0.3) is 0 Å². The summed E-state index contributed by atoms with van der Waals surface area (Å²) in [5.74, 6) is 1.68. The van der Waals surface area contributed by atoms with Crippen LogP contribution in [0, 0.1) is 0 Å². The zero-order chi connectivity index (χ0) is 17.8. The van der Waals surface area contributed by atoms with Gasteiger partial charge in [0.1, 0.15) is 5.75 Å². The number of rotatable bonds is 10. The highest BCUT2D eigenvalue weighted by Crippen LogP contribution is 2.17. The minimum absolute atomic E-state index is 0. The lowest BCUT2D eigenvalue weighted by molar-refractivity contribution is 0.409. The van der Waals surface area contributed by atoms with Crippen LogP contribution >= 0.6 is 24.0 Å². The summed E-state index contributed by atoms with van der Waals surface area (Å²) in [5, 5.41) is 6.39. The molecule has 0 fully saturated rings. The largest absolute Gasteiger partial charge is 0.496 e. The van der Waals surface area contributed by atoms with Crippen LogP contribution in [-0.4, -0.2) is 53.9 Å². The summed E-state index contributed by atoms with van der Waals surface area (Å²) in [7, 11) is 0.260. The number of nitrogens with zero attached hydrogens (tertiary/aromatic N) is 1. The highest BCUT2D eigenvalue weighted by atomic mass is 127. The van der Waals surface area contributed by atoms with Gasteiger partial charge >= 0.3 is 0 Å². The van der Waals surface area contributed by atoms with Crippen molar-refractivity contribution < 1.29 is 13.2 Å². The van der Waals surface area contributed by atoms with Gasteiger partial charge in [-0.15, -0.1) is 24.0 Å². The molecule has 0 amide bonds. The van der Waals surface area contributed by atoms with E-state index in [1.807, 2.05) is 24.3 Å². The number of para-hydroxylation sites is 1. The van der Waals surface area contributed by atoms with Crippen LogP contribution < -0.4 is 20.1 Å². The monoisotopic (exact) mass is 484 g/mol. The molecular weight excluding hydrogens is 455 g/mol. The summed E-state index contributed by atoms with van der Waals surface area (Å²) in [5.41, 5.74) is 1.14. The first-order chi connectivity index (χ1) is 11.5. The van der Waals surface area contributed by atoms with Gasteiger partial charge in [-0.3, -0.25) is 4.99 Å². The molecule has 3 N–H and O–H groups in total. The SMILES string of the molecule is CCS(=O)(=O)NCCCNC(=NC)NCCc1ccccc1OC.I. The molecule has 0 aromatic heterocycles. The van der Waals surface area contributed by atoms with Crippen molar-refractivity contribution in [3.63, 3.8) is 0 Å². The van der Waals surface area contributed by atoms with Crippen molar-refractivity contribution in [2.75, 3.05) is 39.5 Å². The molecular formula is C16H29IN4O3S. The van der Waals surface area contributed by atoms with Gasteiger partial charge in [-0.1, -0.05) is 18.2 Å². The molecule has 0 unspecified atom stereocenters. The van der Waals surface area contributed by atoms with Crippen molar-refractivity contribution in [2.24, 2.45) is 4.99 Å². The molecule has 0 aliphatic rings. The van der Waals surface area contributed by atoms with E-state index in [1.165, 1.54) is 0 Å². The molecule has 25 heavy (non-hydrogen) atoms. The highest BCUT2D eigenvalue weighted by molar-refractivity contribution is 14.0. The average Bonchev–Trinajstić information content (AvgIpc) is 2.60. The smallest absolute Gasteiger partial charge is 0.211 e. The summed E-state index contributed by atoms with van der Waals surface area (Å²) >= 11 is 0. The third kappa shape index (κ3) is 9.85. The van der Waals surface area contributed by atoms with Gasteiger partial charge < -0.3 is 15.4 Å². The lowest BCUT2D eigenvalue weighted by Gasteiger charge is -2.13. The van der Waals surface area contributed by atoms with E-state index in [-0.39, 0.29) is 29.7 Å².